The SMILES string of the molecule is COc1ccc(-n2ccc(C(=O)NC(CC(F)F)C(=O)O)n2)cc1. The van der Waals surface area contributed by atoms with Crippen LogP contribution in [0.2, 0.25) is 0 Å². The van der Waals surface area contributed by atoms with Gasteiger partial charge in [0.05, 0.1) is 12.8 Å². The molecule has 0 bridgehead atoms. The summed E-state index contributed by atoms with van der Waals surface area (Å²) < 4.78 is 31.1. The van der Waals surface area contributed by atoms with E-state index in [0.29, 0.717) is 11.4 Å². The van der Waals surface area contributed by atoms with Crippen molar-refractivity contribution in [2.24, 2.45) is 0 Å². The van der Waals surface area contributed by atoms with Crippen molar-refractivity contribution in [3.8, 4) is 11.4 Å². The van der Waals surface area contributed by atoms with Crippen molar-refractivity contribution in [1.29, 1.82) is 0 Å². The van der Waals surface area contributed by atoms with Crippen LogP contribution >= 0.6 is 0 Å². The topological polar surface area (TPSA) is 93.5 Å². The van der Waals surface area contributed by atoms with Crippen LogP contribution in [0.5, 0.6) is 5.75 Å². The molecule has 0 aliphatic carbocycles. The van der Waals surface area contributed by atoms with Gasteiger partial charge in [0.2, 0.25) is 6.43 Å². The Bertz CT molecular complexity index is 716. The molecule has 1 atom stereocenters. The van der Waals surface area contributed by atoms with E-state index in [9.17, 15) is 18.4 Å². The number of aromatic nitrogens is 2. The predicted molar refractivity (Wildman–Crippen MR) is 79.6 cm³/mol. The van der Waals surface area contributed by atoms with Crippen molar-refractivity contribution in [3.05, 3.63) is 42.2 Å². The largest absolute Gasteiger partial charge is 0.497 e. The van der Waals surface area contributed by atoms with Crippen LogP contribution in [0.15, 0.2) is 36.5 Å². The average Bonchev–Trinajstić information content (AvgIpc) is 3.04. The van der Waals surface area contributed by atoms with E-state index in [1.54, 1.807) is 24.3 Å². The molecule has 0 spiro atoms. The third-order valence-corrected chi connectivity index (χ3v) is 3.18. The maximum atomic E-state index is 12.3. The van der Waals surface area contributed by atoms with E-state index >= 15 is 0 Å². The van der Waals surface area contributed by atoms with E-state index < -0.39 is 30.8 Å². The van der Waals surface area contributed by atoms with E-state index in [4.69, 9.17) is 9.84 Å². The second kappa shape index (κ2) is 7.53. The number of hydrogen-bond acceptors (Lipinski definition) is 4. The third kappa shape index (κ3) is 4.28. The van der Waals surface area contributed by atoms with Gasteiger partial charge in [0, 0.05) is 12.6 Å². The molecule has 24 heavy (non-hydrogen) atoms. The molecule has 128 valence electrons. The summed E-state index contributed by atoms with van der Waals surface area (Å²) in [5.74, 6) is -1.71. The second-order valence-electron chi connectivity index (χ2n) is 4.83. The first kappa shape index (κ1) is 17.4. The van der Waals surface area contributed by atoms with E-state index in [1.165, 1.54) is 24.1 Å². The molecule has 9 heteroatoms. The number of carboxylic acid groups (broad SMARTS) is 1. The number of carbonyl (C=O) groups excluding carboxylic acids is 1. The number of halogens is 2. The number of carbonyl (C=O) groups is 2. The molecule has 1 heterocycles. The van der Waals surface area contributed by atoms with Crippen LogP contribution in [0.3, 0.4) is 0 Å². The van der Waals surface area contributed by atoms with Crippen LogP contribution < -0.4 is 10.1 Å². The molecule has 2 rings (SSSR count). The van der Waals surface area contributed by atoms with E-state index in [-0.39, 0.29) is 5.69 Å². The van der Waals surface area contributed by atoms with Gasteiger partial charge in [0.1, 0.15) is 11.8 Å². The number of amides is 1. The van der Waals surface area contributed by atoms with Crippen molar-refractivity contribution >= 4 is 11.9 Å². The van der Waals surface area contributed by atoms with Crippen molar-refractivity contribution < 1.29 is 28.2 Å². The number of methoxy groups -OCH3 is 1. The fourth-order valence-corrected chi connectivity index (χ4v) is 1.96. The van der Waals surface area contributed by atoms with Crippen molar-refractivity contribution in [2.75, 3.05) is 7.11 Å². The van der Waals surface area contributed by atoms with Gasteiger partial charge in [-0.2, -0.15) is 5.10 Å². The van der Waals surface area contributed by atoms with E-state index in [2.05, 4.69) is 5.10 Å². The number of hydrogen-bond donors (Lipinski definition) is 2. The highest BCUT2D eigenvalue weighted by Gasteiger charge is 2.25. The summed E-state index contributed by atoms with van der Waals surface area (Å²) in [5, 5.41) is 14.9. The van der Waals surface area contributed by atoms with Gasteiger partial charge in [-0.3, -0.25) is 4.79 Å². The smallest absolute Gasteiger partial charge is 0.326 e. The molecule has 0 aliphatic rings. The number of nitrogens with zero attached hydrogens (tertiary/aromatic N) is 2. The van der Waals surface area contributed by atoms with Gasteiger partial charge in [-0.05, 0) is 30.3 Å². The number of aliphatic carboxylic acids is 1. The molecule has 0 saturated heterocycles. The van der Waals surface area contributed by atoms with Crippen molar-refractivity contribution in [2.45, 2.75) is 18.9 Å². The predicted octanol–water partition coefficient (Wildman–Crippen LogP) is 1.72. The molecule has 1 aromatic heterocycles. The molecule has 0 saturated carbocycles. The van der Waals surface area contributed by atoms with Crippen molar-refractivity contribution in [1.82, 2.24) is 15.1 Å². The highest BCUT2D eigenvalue weighted by Crippen LogP contribution is 2.14. The van der Waals surface area contributed by atoms with Gasteiger partial charge in [0.25, 0.3) is 5.91 Å². The summed E-state index contributed by atoms with van der Waals surface area (Å²) in [5.41, 5.74) is 0.573. The fraction of sp³-hybridized carbons (Fsp3) is 0.267. The van der Waals surface area contributed by atoms with Crippen LogP contribution in [0.4, 0.5) is 8.78 Å². The molecule has 1 aromatic carbocycles. The Morgan fingerprint density at radius 3 is 2.50 bits per heavy atom. The Labute approximate surface area is 135 Å². The normalized spacial score (nSPS) is 12.0. The number of rotatable bonds is 7. The van der Waals surface area contributed by atoms with Crippen LogP contribution in [0.25, 0.3) is 5.69 Å². The van der Waals surface area contributed by atoms with Crippen molar-refractivity contribution in [3.63, 3.8) is 0 Å². The van der Waals surface area contributed by atoms with Gasteiger partial charge < -0.3 is 15.2 Å². The van der Waals surface area contributed by atoms with Crippen LogP contribution in [-0.2, 0) is 4.79 Å². The summed E-state index contributed by atoms with van der Waals surface area (Å²) >= 11 is 0. The first-order valence-corrected chi connectivity index (χ1v) is 6.92. The lowest BCUT2D eigenvalue weighted by atomic mass is 10.2. The zero-order chi connectivity index (χ0) is 17.7. The molecule has 0 radical (unpaired) electrons. The summed E-state index contributed by atoms with van der Waals surface area (Å²) in [4.78, 5) is 22.9. The highest BCUT2D eigenvalue weighted by atomic mass is 19.3. The lowest BCUT2D eigenvalue weighted by Gasteiger charge is -2.12. The molecule has 1 amide bonds. The molecule has 7 nitrogen and oxygen atoms in total. The first-order chi connectivity index (χ1) is 11.4. The fourth-order valence-electron chi connectivity index (χ4n) is 1.96. The number of alkyl halides is 2. The molecular formula is C15H15F2N3O4. The maximum absolute atomic E-state index is 12.3. The summed E-state index contributed by atoms with van der Waals surface area (Å²) in [6.07, 6.45) is -2.32. The van der Waals surface area contributed by atoms with Gasteiger partial charge in [-0.25, -0.2) is 18.3 Å². The number of carboxylic acids is 1. The second-order valence-corrected chi connectivity index (χ2v) is 4.83. The minimum Gasteiger partial charge on any atom is -0.497 e. The molecule has 1 unspecified atom stereocenters. The Hall–Kier alpha value is -2.97. The molecular weight excluding hydrogens is 324 g/mol. The zero-order valence-corrected chi connectivity index (χ0v) is 12.6. The Morgan fingerprint density at radius 1 is 1.29 bits per heavy atom. The Kier molecular flexibility index (Phi) is 5.46. The quantitative estimate of drug-likeness (QED) is 0.801. The maximum Gasteiger partial charge on any atom is 0.326 e. The zero-order valence-electron chi connectivity index (χ0n) is 12.6. The average molecular weight is 339 g/mol. The minimum absolute atomic E-state index is 0.0775. The van der Waals surface area contributed by atoms with Crippen LogP contribution in [0, 0.1) is 0 Å². The summed E-state index contributed by atoms with van der Waals surface area (Å²) in [6, 6.07) is 6.53. The summed E-state index contributed by atoms with van der Waals surface area (Å²) in [7, 11) is 1.53. The van der Waals surface area contributed by atoms with E-state index in [1.807, 2.05) is 5.32 Å². The highest BCUT2D eigenvalue weighted by molar-refractivity contribution is 5.94. The standard InChI is InChI=1S/C15H15F2N3O4/c1-24-10-4-2-9(3-5-10)20-7-6-11(19-20)14(21)18-12(15(22)23)8-13(16)17/h2-7,12-13H,8H2,1H3,(H,18,21)(H,22,23). The van der Waals surface area contributed by atoms with Gasteiger partial charge in [0.15, 0.2) is 5.69 Å². The van der Waals surface area contributed by atoms with Gasteiger partial charge >= 0.3 is 5.97 Å². The minimum atomic E-state index is -2.84. The number of benzene rings is 1. The first-order valence-electron chi connectivity index (χ1n) is 6.92. The number of ether oxygens (including phenoxy) is 1. The summed E-state index contributed by atoms with van der Waals surface area (Å²) in [6.45, 7) is 0. The lowest BCUT2D eigenvalue weighted by Crippen LogP contribution is -2.42. The third-order valence-electron chi connectivity index (χ3n) is 3.18. The Balaban J connectivity index is 2.10. The molecule has 2 aromatic rings. The molecule has 2 N–H and O–H groups in total. The lowest BCUT2D eigenvalue weighted by molar-refractivity contribution is -0.140. The molecule has 0 aliphatic heterocycles. The Morgan fingerprint density at radius 2 is 1.96 bits per heavy atom. The van der Waals surface area contributed by atoms with E-state index in [0.717, 1.165) is 0 Å². The van der Waals surface area contributed by atoms with Crippen LogP contribution in [0.1, 0.15) is 16.9 Å². The van der Waals surface area contributed by atoms with Gasteiger partial charge in [-0.1, -0.05) is 0 Å². The molecule has 0 fully saturated rings. The van der Waals surface area contributed by atoms with Crippen LogP contribution in [-0.4, -0.2) is 46.3 Å². The van der Waals surface area contributed by atoms with Gasteiger partial charge in [-0.15, -0.1) is 0 Å². The number of nitrogens with one attached hydrogen (secondary N) is 1. The monoisotopic (exact) mass is 339 g/mol.